The maximum Gasteiger partial charge on any atom is 0.255 e. The highest BCUT2D eigenvalue weighted by molar-refractivity contribution is 7.09. The summed E-state index contributed by atoms with van der Waals surface area (Å²) in [6, 6.07) is 8.45. The first kappa shape index (κ1) is 13.4. The molecule has 19 heavy (non-hydrogen) atoms. The van der Waals surface area contributed by atoms with Gasteiger partial charge in [0.25, 0.3) is 5.91 Å². The Morgan fingerprint density at radius 3 is 2.89 bits per heavy atom. The number of rotatable bonds is 4. The third kappa shape index (κ3) is 3.26. The highest BCUT2D eigenvalue weighted by atomic mass is 32.1. The van der Waals surface area contributed by atoms with Gasteiger partial charge in [0.2, 0.25) is 0 Å². The van der Waals surface area contributed by atoms with Crippen LogP contribution < -0.4 is 5.73 Å². The standard InChI is InChI=1S/C14H16N2O2S/c1-16(7-6-11-3-2-8-19-11)14(18)12-9-10(17)4-5-13(12)15/h2-5,8-9,17H,6-7,15H2,1H3. The van der Waals surface area contributed by atoms with Crippen molar-refractivity contribution < 1.29 is 9.90 Å². The Bertz CT molecular complexity index is 567. The normalized spacial score (nSPS) is 10.4. The minimum atomic E-state index is -0.176. The Kier molecular flexibility index (Phi) is 4.06. The molecule has 2 aromatic rings. The zero-order valence-corrected chi connectivity index (χ0v) is 11.5. The van der Waals surface area contributed by atoms with Crippen LogP contribution in [0.4, 0.5) is 5.69 Å². The largest absolute Gasteiger partial charge is 0.508 e. The molecule has 0 aliphatic heterocycles. The van der Waals surface area contributed by atoms with Crippen LogP contribution in [0.5, 0.6) is 5.75 Å². The van der Waals surface area contributed by atoms with E-state index in [1.165, 1.54) is 23.1 Å². The van der Waals surface area contributed by atoms with Gasteiger partial charge in [-0.05, 0) is 36.1 Å². The topological polar surface area (TPSA) is 66.6 Å². The molecular weight excluding hydrogens is 260 g/mol. The van der Waals surface area contributed by atoms with Crippen LogP contribution in [-0.2, 0) is 6.42 Å². The SMILES string of the molecule is CN(CCc1cccs1)C(=O)c1cc(O)ccc1N. The molecular formula is C14H16N2O2S. The molecule has 0 unspecified atom stereocenters. The molecule has 100 valence electrons. The number of benzene rings is 1. The van der Waals surface area contributed by atoms with Gasteiger partial charge >= 0.3 is 0 Å². The minimum Gasteiger partial charge on any atom is -0.508 e. The van der Waals surface area contributed by atoms with E-state index >= 15 is 0 Å². The number of carbonyl (C=O) groups excluding carboxylic acids is 1. The first-order chi connectivity index (χ1) is 9.08. The Hall–Kier alpha value is -2.01. The number of phenolic OH excluding ortho intramolecular Hbond substituents is 1. The smallest absolute Gasteiger partial charge is 0.255 e. The lowest BCUT2D eigenvalue weighted by Crippen LogP contribution is -2.29. The molecule has 0 radical (unpaired) electrons. The van der Waals surface area contributed by atoms with E-state index in [2.05, 4.69) is 0 Å². The molecule has 0 fully saturated rings. The van der Waals surface area contributed by atoms with Crippen LogP contribution in [0.1, 0.15) is 15.2 Å². The van der Waals surface area contributed by atoms with Crippen molar-refractivity contribution in [3.63, 3.8) is 0 Å². The average molecular weight is 276 g/mol. The molecule has 5 heteroatoms. The molecule has 2 rings (SSSR count). The number of nitrogen functional groups attached to an aromatic ring is 1. The lowest BCUT2D eigenvalue weighted by Gasteiger charge is -2.18. The average Bonchev–Trinajstić information content (AvgIpc) is 2.91. The van der Waals surface area contributed by atoms with Gasteiger partial charge in [-0.25, -0.2) is 0 Å². The van der Waals surface area contributed by atoms with Crippen molar-refractivity contribution in [3.05, 3.63) is 46.2 Å². The summed E-state index contributed by atoms with van der Waals surface area (Å²) in [5.41, 5.74) is 6.48. The van der Waals surface area contributed by atoms with Crippen molar-refractivity contribution in [3.8, 4) is 5.75 Å². The van der Waals surface area contributed by atoms with Crippen LogP contribution in [0.15, 0.2) is 35.7 Å². The highest BCUT2D eigenvalue weighted by Gasteiger charge is 2.15. The molecule has 1 aromatic carbocycles. The monoisotopic (exact) mass is 276 g/mol. The molecule has 0 spiro atoms. The van der Waals surface area contributed by atoms with E-state index < -0.39 is 0 Å². The number of anilines is 1. The highest BCUT2D eigenvalue weighted by Crippen LogP contribution is 2.20. The molecule has 0 saturated carbocycles. The van der Waals surface area contributed by atoms with E-state index in [1.807, 2.05) is 17.5 Å². The van der Waals surface area contributed by atoms with Gasteiger partial charge in [-0.15, -0.1) is 11.3 Å². The van der Waals surface area contributed by atoms with Crippen molar-refractivity contribution in [2.45, 2.75) is 6.42 Å². The van der Waals surface area contributed by atoms with E-state index in [1.54, 1.807) is 23.3 Å². The maximum atomic E-state index is 12.2. The Morgan fingerprint density at radius 1 is 1.42 bits per heavy atom. The summed E-state index contributed by atoms with van der Waals surface area (Å²) in [6.45, 7) is 0.619. The number of amides is 1. The summed E-state index contributed by atoms with van der Waals surface area (Å²) >= 11 is 1.68. The molecule has 0 saturated heterocycles. The molecule has 0 aliphatic carbocycles. The summed E-state index contributed by atoms with van der Waals surface area (Å²) < 4.78 is 0. The molecule has 0 bridgehead atoms. The minimum absolute atomic E-state index is 0.0456. The number of thiophene rings is 1. The molecule has 0 atom stereocenters. The number of nitrogens with zero attached hydrogens (tertiary/aromatic N) is 1. The van der Waals surface area contributed by atoms with Gasteiger partial charge in [-0.3, -0.25) is 4.79 Å². The van der Waals surface area contributed by atoms with E-state index in [0.29, 0.717) is 17.8 Å². The van der Waals surface area contributed by atoms with Crippen molar-refractivity contribution in [1.82, 2.24) is 4.90 Å². The van der Waals surface area contributed by atoms with Crippen LogP contribution in [0, 0.1) is 0 Å². The van der Waals surface area contributed by atoms with Crippen molar-refractivity contribution in [1.29, 1.82) is 0 Å². The number of nitrogens with two attached hydrogens (primary N) is 1. The van der Waals surface area contributed by atoms with Crippen LogP contribution in [0.3, 0.4) is 0 Å². The third-order valence-corrected chi connectivity index (χ3v) is 3.82. The summed E-state index contributed by atoms with van der Waals surface area (Å²) in [6.07, 6.45) is 0.818. The van der Waals surface area contributed by atoms with Gasteiger partial charge < -0.3 is 15.7 Å². The van der Waals surface area contributed by atoms with Gasteiger partial charge in [0.05, 0.1) is 5.56 Å². The second kappa shape index (κ2) is 5.75. The van der Waals surface area contributed by atoms with Crippen LogP contribution >= 0.6 is 11.3 Å². The number of hydrogen-bond acceptors (Lipinski definition) is 4. The molecule has 1 amide bonds. The van der Waals surface area contributed by atoms with Crippen molar-refractivity contribution >= 4 is 22.9 Å². The molecule has 1 heterocycles. The van der Waals surface area contributed by atoms with Gasteiger partial charge in [0.1, 0.15) is 5.75 Å². The predicted molar refractivity (Wildman–Crippen MR) is 77.5 cm³/mol. The van der Waals surface area contributed by atoms with Gasteiger partial charge in [0.15, 0.2) is 0 Å². The lowest BCUT2D eigenvalue weighted by molar-refractivity contribution is 0.0797. The van der Waals surface area contributed by atoms with Crippen LogP contribution in [0.25, 0.3) is 0 Å². The van der Waals surface area contributed by atoms with Gasteiger partial charge in [-0.2, -0.15) is 0 Å². The second-order valence-corrected chi connectivity index (χ2v) is 5.36. The first-order valence-electron chi connectivity index (χ1n) is 5.94. The Morgan fingerprint density at radius 2 is 2.21 bits per heavy atom. The van der Waals surface area contributed by atoms with Gasteiger partial charge in [0, 0.05) is 24.2 Å². The van der Waals surface area contributed by atoms with Crippen molar-refractivity contribution in [2.75, 3.05) is 19.3 Å². The zero-order chi connectivity index (χ0) is 13.8. The number of carbonyl (C=O) groups is 1. The van der Waals surface area contributed by atoms with Crippen LogP contribution in [0.2, 0.25) is 0 Å². The van der Waals surface area contributed by atoms with E-state index in [4.69, 9.17) is 5.73 Å². The number of aromatic hydroxyl groups is 1. The summed E-state index contributed by atoms with van der Waals surface area (Å²) in [4.78, 5) is 15.1. The second-order valence-electron chi connectivity index (χ2n) is 4.33. The number of likely N-dealkylation sites (N-methyl/N-ethyl adjacent to an activating group) is 1. The summed E-state index contributed by atoms with van der Waals surface area (Å²) in [5.74, 6) is -0.130. The van der Waals surface area contributed by atoms with E-state index in [-0.39, 0.29) is 11.7 Å². The summed E-state index contributed by atoms with van der Waals surface area (Å²) in [7, 11) is 1.74. The molecule has 0 aliphatic rings. The number of hydrogen-bond donors (Lipinski definition) is 2. The van der Waals surface area contributed by atoms with Crippen molar-refractivity contribution in [2.24, 2.45) is 0 Å². The third-order valence-electron chi connectivity index (χ3n) is 2.89. The maximum absolute atomic E-state index is 12.2. The van der Waals surface area contributed by atoms with Crippen LogP contribution in [-0.4, -0.2) is 29.5 Å². The fourth-order valence-corrected chi connectivity index (χ4v) is 2.47. The zero-order valence-electron chi connectivity index (χ0n) is 10.7. The van der Waals surface area contributed by atoms with E-state index in [9.17, 15) is 9.90 Å². The molecule has 1 aromatic heterocycles. The molecule has 3 N–H and O–H groups in total. The molecule has 4 nitrogen and oxygen atoms in total. The lowest BCUT2D eigenvalue weighted by atomic mass is 10.1. The Labute approximate surface area is 116 Å². The van der Waals surface area contributed by atoms with Gasteiger partial charge in [-0.1, -0.05) is 6.07 Å². The number of phenols is 1. The fraction of sp³-hybridized carbons (Fsp3) is 0.214. The Balaban J connectivity index is 2.04. The quantitative estimate of drug-likeness (QED) is 0.665. The predicted octanol–water partition coefficient (Wildman–Crippen LogP) is 2.35. The van der Waals surface area contributed by atoms with E-state index in [0.717, 1.165) is 6.42 Å². The summed E-state index contributed by atoms with van der Waals surface area (Å²) in [5, 5.41) is 11.4. The fourth-order valence-electron chi connectivity index (χ4n) is 1.77. The first-order valence-corrected chi connectivity index (χ1v) is 6.82.